The second-order valence-electron chi connectivity index (χ2n) is 9.08. The van der Waals surface area contributed by atoms with Crippen molar-refractivity contribution in [3.63, 3.8) is 0 Å². The Balaban J connectivity index is 1.36. The topological polar surface area (TPSA) is 79.9 Å². The lowest BCUT2D eigenvalue weighted by Gasteiger charge is -2.27. The molecule has 0 saturated heterocycles. The fraction of sp³-hybridized carbons (Fsp3) is 0.0588. The highest BCUT2D eigenvalue weighted by atomic mass is 16.5. The van der Waals surface area contributed by atoms with E-state index in [9.17, 15) is 9.59 Å². The summed E-state index contributed by atoms with van der Waals surface area (Å²) in [5.41, 5.74) is 4.63. The number of hydrogen-bond acceptors (Lipinski definition) is 5. The number of carbonyl (C=O) groups is 2. The van der Waals surface area contributed by atoms with Crippen molar-refractivity contribution in [2.24, 2.45) is 0 Å². The van der Waals surface area contributed by atoms with Gasteiger partial charge in [0.15, 0.2) is 0 Å². The number of nitrogens with zero attached hydrogens (tertiary/aromatic N) is 1. The molecular formula is C34H29N3O4. The molecule has 0 aliphatic heterocycles. The molecule has 5 rings (SSSR count). The Bertz CT molecular complexity index is 1600. The number of anilines is 5. The van der Waals surface area contributed by atoms with Crippen LogP contribution in [-0.2, 0) is 0 Å². The Morgan fingerprint density at radius 3 is 1.83 bits per heavy atom. The standard InChI is InChI=1S/C34H29N3O4/c1-40-28-21-22-30(32(23-28)41-2)36-33(38)24-17-19-25(20-18-24)35-34(39)29-15-9-10-16-31(29)37(26-11-5-3-6-12-26)27-13-7-4-8-14-27/h3-23H,1-2H3,(H,35,39)(H,36,38). The van der Waals surface area contributed by atoms with Gasteiger partial charge in [-0.1, -0.05) is 48.5 Å². The second-order valence-corrected chi connectivity index (χ2v) is 9.08. The molecule has 0 atom stereocenters. The Labute approximate surface area is 239 Å². The number of rotatable bonds is 9. The first-order valence-corrected chi connectivity index (χ1v) is 13.0. The molecule has 2 N–H and O–H groups in total. The number of benzene rings is 5. The van der Waals surface area contributed by atoms with Crippen LogP contribution >= 0.6 is 0 Å². The fourth-order valence-corrected chi connectivity index (χ4v) is 4.44. The number of hydrogen-bond donors (Lipinski definition) is 2. The van der Waals surface area contributed by atoms with Crippen molar-refractivity contribution in [3.05, 3.63) is 139 Å². The van der Waals surface area contributed by atoms with Crippen molar-refractivity contribution < 1.29 is 19.1 Å². The third kappa shape index (κ3) is 6.20. The summed E-state index contributed by atoms with van der Waals surface area (Å²) in [4.78, 5) is 28.5. The van der Waals surface area contributed by atoms with E-state index in [0.717, 1.165) is 17.1 Å². The molecule has 2 amide bonds. The molecule has 0 unspecified atom stereocenters. The second kappa shape index (κ2) is 12.5. The first-order valence-electron chi connectivity index (χ1n) is 13.0. The SMILES string of the molecule is COc1ccc(NC(=O)c2ccc(NC(=O)c3ccccc3N(c3ccccc3)c3ccccc3)cc2)c(OC)c1. The Morgan fingerprint density at radius 2 is 1.22 bits per heavy atom. The van der Waals surface area contributed by atoms with Crippen LogP contribution in [0, 0.1) is 0 Å². The number of para-hydroxylation sites is 3. The van der Waals surface area contributed by atoms with Gasteiger partial charge in [0.1, 0.15) is 11.5 Å². The molecule has 5 aromatic carbocycles. The number of methoxy groups -OCH3 is 2. The van der Waals surface area contributed by atoms with Crippen LogP contribution in [0.15, 0.2) is 127 Å². The van der Waals surface area contributed by atoms with Gasteiger partial charge < -0.3 is 25.0 Å². The number of carbonyl (C=O) groups excluding carboxylic acids is 2. The van der Waals surface area contributed by atoms with Crippen molar-refractivity contribution >= 4 is 40.3 Å². The third-order valence-corrected chi connectivity index (χ3v) is 6.48. The van der Waals surface area contributed by atoms with Gasteiger partial charge in [0.05, 0.1) is 31.2 Å². The van der Waals surface area contributed by atoms with E-state index in [0.29, 0.717) is 34.0 Å². The van der Waals surface area contributed by atoms with E-state index in [1.807, 2.05) is 78.9 Å². The zero-order chi connectivity index (χ0) is 28.6. The summed E-state index contributed by atoms with van der Waals surface area (Å²) in [5, 5.41) is 5.83. The maximum Gasteiger partial charge on any atom is 0.257 e. The summed E-state index contributed by atoms with van der Waals surface area (Å²) in [6.07, 6.45) is 0. The van der Waals surface area contributed by atoms with E-state index < -0.39 is 0 Å². The highest BCUT2D eigenvalue weighted by Gasteiger charge is 2.20. The van der Waals surface area contributed by atoms with Gasteiger partial charge in [0.25, 0.3) is 11.8 Å². The van der Waals surface area contributed by atoms with Crippen molar-refractivity contribution in [1.82, 2.24) is 0 Å². The van der Waals surface area contributed by atoms with E-state index in [2.05, 4.69) is 15.5 Å². The largest absolute Gasteiger partial charge is 0.497 e. The van der Waals surface area contributed by atoms with Crippen molar-refractivity contribution in [1.29, 1.82) is 0 Å². The average Bonchev–Trinajstić information content (AvgIpc) is 3.03. The predicted molar refractivity (Wildman–Crippen MR) is 163 cm³/mol. The Kier molecular flexibility index (Phi) is 8.26. The fourth-order valence-electron chi connectivity index (χ4n) is 4.44. The van der Waals surface area contributed by atoms with Gasteiger partial charge in [-0.15, -0.1) is 0 Å². The molecule has 0 radical (unpaired) electrons. The van der Waals surface area contributed by atoms with E-state index in [1.165, 1.54) is 7.11 Å². The zero-order valence-electron chi connectivity index (χ0n) is 22.7. The van der Waals surface area contributed by atoms with Gasteiger partial charge in [-0.05, 0) is 72.8 Å². The lowest BCUT2D eigenvalue weighted by molar-refractivity contribution is 0.102. The molecule has 204 valence electrons. The van der Waals surface area contributed by atoms with Gasteiger partial charge in [-0.25, -0.2) is 0 Å². The molecular weight excluding hydrogens is 514 g/mol. The van der Waals surface area contributed by atoms with Gasteiger partial charge in [0, 0.05) is 28.7 Å². The average molecular weight is 544 g/mol. The highest BCUT2D eigenvalue weighted by molar-refractivity contribution is 6.10. The van der Waals surface area contributed by atoms with Crippen LogP contribution in [0.3, 0.4) is 0 Å². The smallest absolute Gasteiger partial charge is 0.257 e. The minimum atomic E-state index is -0.307. The maximum absolute atomic E-state index is 13.5. The van der Waals surface area contributed by atoms with E-state index in [1.54, 1.807) is 55.6 Å². The lowest BCUT2D eigenvalue weighted by atomic mass is 10.1. The molecule has 41 heavy (non-hydrogen) atoms. The van der Waals surface area contributed by atoms with Crippen LogP contribution in [0.1, 0.15) is 20.7 Å². The Hall–Kier alpha value is -5.56. The third-order valence-electron chi connectivity index (χ3n) is 6.48. The number of ether oxygens (including phenoxy) is 2. The van der Waals surface area contributed by atoms with Crippen LogP contribution in [0.5, 0.6) is 11.5 Å². The normalized spacial score (nSPS) is 10.4. The summed E-state index contributed by atoms with van der Waals surface area (Å²) < 4.78 is 10.6. The van der Waals surface area contributed by atoms with Crippen LogP contribution in [-0.4, -0.2) is 26.0 Å². The number of amides is 2. The zero-order valence-corrected chi connectivity index (χ0v) is 22.7. The summed E-state index contributed by atoms with van der Waals surface area (Å²) in [6.45, 7) is 0. The van der Waals surface area contributed by atoms with Crippen LogP contribution in [0.2, 0.25) is 0 Å². The minimum absolute atomic E-state index is 0.266. The van der Waals surface area contributed by atoms with Gasteiger partial charge in [-0.3, -0.25) is 9.59 Å². The van der Waals surface area contributed by atoms with Gasteiger partial charge in [0.2, 0.25) is 0 Å². The van der Waals surface area contributed by atoms with E-state index in [-0.39, 0.29) is 11.8 Å². The summed E-state index contributed by atoms with van der Waals surface area (Å²) in [5.74, 6) is 0.535. The van der Waals surface area contributed by atoms with Crippen molar-refractivity contribution in [2.75, 3.05) is 29.8 Å². The quantitative estimate of drug-likeness (QED) is 0.199. The first kappa shape index (κ1) is 27.0. The monoisotopic (exact) mass is 543 g/mol. The van der Waals surface area contributed by atoms with Gasteiger partial charge in [-0.2, -0.15) is 0 Å². The highest BCUT2D eigenvalue weighted by Crippen LogP contribution is 2.36. The summed E-state index contributed by atoms with van der Waals surface area (Å²) in [7, 11) is 3.09. The first-order chi connectivity index (χ1) is 20.1. The molecule has 5 aromatic rings. The molecule has 0 spiro atoms. The van der Waals surface area contributed by atoms with Crippen LogP contribution in [0.25, 0.3) is 0 Å². The van der Waals surface area contributed by atoms with Crippen molar-refractivity contribution in [2.45, 2.75) is 0 Å². The molecule has 0 aromatic heterocycles. The molecule has 0 fully saturated rings. The van der Waals surface area contributed by atoms with Crippen molar-refractivity contribution in [3.8, 4) is 11.5 Å². The molecule has 0 bridgehead atoms. The minimum Gasteiger partial charge on any atom is -0.497 e. The predicted octanol–water partition coefficient (Wildman–Crippen LogP) is 7.68. The molecule has 0 heterocycles. The molecule has 0 aliphatic rings. The van der Waals surface area contributed by atoms with E-state index in [4.69, 9.17) is 9.47 Å². The molecule has 0 aliphatic carbocycles. The van der Waals surface area contributed by atoms with Crippen LogP contribution in [0.4, 0.5) is 28.4 Å². The lowest BCUT2D eigenvalue weighted by Crippen LogP contribution is -2.18. The van der Waals surface area contributed by atoms with Crippen LogP contribution < -0.4 is 25.0 Å². The van der Waals surface area contributed by atoms with Gasteiger partial charge >= 0.3 is 0 Å². The molecule has 0 saturated carbocycles. The maximum atomic E-state index is 13.5. The molecule has 7 heteroatoms. The Morgan fingerprint density at radius 1 is 0.610 bits per heavy atom. The van der Waals surface area contributed by atoms with E-state index >= 15 is 0 Å². The molecule has 7 nitrogen and oxygen atoms in total. The summed E-state index contributed by atoms with van der Waals surface area (Å²) >= 11 is 0. The summed E-state index contributed by atoms with van der Waals surface area (Å²) in [6, 6.07) is 39.2. The number of nitrogens with one attached hydrogen (secondary N) is 2.